The van der Waals surface area contributed by atoms with Gasteiger partial charge in [0.15, 0.2) is 0 Å². The molecule has 2 rings (SSSR count). The first-order valence-electron chi connectivity index (χ1n) is 7.82. The lowest BCUT2D eigenvalue weighted by atomic mass is 9.79. The summed E-state index contributed by atoms with van der Waals surface area (Å²) >= 11 is 1.32. The first-order chi connectivity index (χ1) is 10.9. The lowest BCUT2D eigenvalue weighted by Crippen LogP contribution is -2.36. The number of rotatable bonds is 5. The Balaban J connectivity index is 2.26. The molecule has 0 saturated heterocycles. The lowest BCUT2D eigenvalue weighted by molar-refractivity contribution is -0.147. The Kier molecular flexibility index (Phi) is 5.41. The maximum atomic E-state index is 12.5. The number of carboxylic acid groups (broad SMARTS) is 1. The van der Waals surface area contributed by atoms with Crippen LogP contribution in [0.4, 0.5) is 5.00 Å². The largest absolute Gasteiger partial charge is 0.481 e. The molecule has 0 radical (unpaired) electrons. The molecule has 2 amide bonds. The zero-order valence-electron chi connectivity index (χ0n) is 13.3. The van der Waals surface area contributed by atoms with Crippen LogP contribution >= 0.6 is 11.3 Å². The molecule has 2 atom stereocenters. The Hall–Kier alpha value is -1.89. The maximum absolute atomic E-state index is 12.5. The van der Waals surface area contributed by atoms with E-state index in [-0.39, 0.29) is 5.91 Å². The number of nitrogens with one attached hydrogen (secondary N) is 1. The van der Waals surface area contributed by atoms with E-state index in [0.29, 0.717) is 29.8 Å². The van der Waals surface area contributed by atoms with Crippen molar-refractivity contribution in [3.05, 3.63) is 16.0 Å². The minimum Gasteiger partial charge on any atom is -0.481 e. The normalized spacial score (nSPS) is 21.0. The minimum absolute atomic E-state index is 0.330. The highest BCUT2D eigenvalue weighted by molar-refractivity contribution is 7.16. The van der Waals surface area contributed by atoms with Crippen LogP contribution in [0, 0.1) is 18.8 Å². The Bertz CT molecular complexity index is 638. The molecule has 4 N–H and O–H groups in total. The van der Waals surface area contributed by atoms with Gasteiger partial charge in [-0.25, -0.2) is 0 Å². The highest BCUT2D eigenvalue weighted by atomic mass is 32.1. The van der Waals surface area contributed by atoms with Crippen LogP contribution in [0.1, 0.15) is 53.4 Å². The molecule has 126 valence electrons. The van der Waals surface area contributed by atoms with Gasteiger partial charge in [-0.15, -0.1) is 11.3 Å². The van der Waals surface area contributed by atoms with E-state index in [1.54, 1.807) is 0 Å². The van der Waals surface area contributed by atoms with Gasteiger partial charge in [-0.05, 0) is 31.7 Å². The molecule has 1 aliphatic rings. The first kappa shape index (κ1) is 17.5. The molecule has 7 heteroatoms. The molecule has 0 aliphatic heterocycles. The lowest BCUT2D eigenvalue weighted by Gasteiger charge is -2.27. The summed E-state index contributed by atoms with van der Waals surface area (Å²) in [6, 6.07) is 0. The average Bonchev–Trinajstić information content (AvgIpc) is 2.82. The number of primary amides is 1. The van der Waals surface area contributed by atoms with Crippen molar-refractivity contribution in [3.63, 3.8) is 0 Å². The average molecular weight is 338 g/mol. The van der Waals surface area contributed by atoms with Crippen molar-refractivity contribution in [1.82, 2.24) is 0 Å². The fraction of sp³-hybridized carbons (Fsp3) is 0.562. The van der Waals surface area contributed by atoms with Crippen molar-refractivity contribution < 1.29 is 19.5 Å². The fourth-order valence-electron chi connectivity index (χ4n) is 3.30. The molecule has 0 unspecified atom stereocenters. The number of thiophene rings is 1. The Morgan fingerprint density at radius 2 is 1.87 bits per heavy atom. The molecule has 6 nitrogen and oxygen atoms in total. The van der Waals surface area contributed by atoms with E-state index >= 15 is 0 Å². The van der Waals surface area contributed by atoms with E-state index in [2.05, 4.69) is 5.32 Å². The number of carbonyl (C=O) groups excluding carboxylic acids is 2. The van der Waals surface area contributed by atoms with Gasteiger partial charge in [-0.3, -0.25) is 14.4 Å². The topological polar surface area (TPSA) is 109 Å². The predicted molar refractivity (Wildman–Crippen MR) is 88.7 cm³/mol. The van der Waals surface area contributed by atoms with Gasteiger partial charge in [0.25, 0.3) is 5.91 Å². The molecule has 1 aromatic rings. The number of hydrogen-bond acceptors (Lipinski definition) is 4. The number of carbonyl (C=O) groups is 3. The van der Waals surface area contributed by atoms with Crippen molar-refractivity contribution in [3.8, 4) is 0 Å². The molecule has 0 spiro atoms. The third kappa shape index (κ3) is 3.55. The quantitative estimate of drug-likeness (QED) is 0.766. The van der Waals surface area contributed by atoms with E-state index in [1.165, 1.54) is 11.3 Å². The summed E-state index contributed by atoms with van der Waals surface area (Å²) in [5, 5.41) is 12.5. The molecule has 0 bridgehead atoms. The van der Waals surface area contributed by atoms with Crippen LogP contribution in [0.15, 0.2) is 0 Å². The van der Waals surface area contributed by atoms with Gasteiger partial charge in [0.2, 0.25) is 5.91 Å². The molecule has 1 aromatic heterocycles. The van der Waals surface area contributed by atoms with Crippen LogP contribution < -0.4 is 11.1 Å². The van der Waals surface area contributed by atoms with E-state index in [1.807, 2.05) is 13.8 Å². The first-order valence-corrected chi connectivity index (χ1v) is 8.64. The fourth-order valence-corrected chi connectivity index (χ4v) is 4.45. The summed E-state index contributed by atoms with van der Waals surface area (Å²) in [4.78, 5) is 36.6. The van der Waals surface area contributed by atoms with Gasteiger partial charge < -0.3 is 16.2 Å². The standard InChI is InChI=1S/C16H22N2O4S/c1-3-9-8(2)23-15(12(9)13(17)19)18-14(20)10-6-4-5-7-11(10)16(21)22/h10-11H,3-7H2,1-2H3,(H2,17,19)(H,18,20)(H,21,22)/t10-,11-/m1/s1. The summed E-state index contributed by atoms with van der Waals surface area (Å²) in [6.45, 7) is 3.81. The number of aliphatic carboxylic acids is 1. The van der Waals surface area contributed by atoms with Gasteiger partial charge in [0.1, 0.15) is 5.00 Å². The van der Waals surface area contributed by atoms with Crippen LogP contribution in [-0.4, -0.2) is 22.9 Å². The van der Waals surface area contributed by atoms with Crippen LogP contribution in [-0.2, 0) is 16.0 Å². The van der Waals surface area contributed by atoms with Crippen molar-refractivity contribution in [2.24, 2.45) is 17.6 Å². The van der Waals surface area contributed by atoms with Gasteiger partial charge in [-0.1, -0.05) is 19.8 Å². The monoisotopic (exact) mass is 338 g/mol. The minimum atomic E-state index is -0.934. The molecule has 1 saturated carbocycles. The predicted octanol–water partition coefficient (Wildman–Crippen LogP) is 2.55. The summed E-state index contributed by atoms with van der Waals surface area (Å²) in [6.07, 6.45) is 3.39. The maximum Gasteiger partial charge on any atom is 0.307 e. The van der Waals surface area contributed by atoms with Crippen LogP contribution in [0.2, 0.25) is 0 Å². The smallest absolute Gasteiger partial charge is 0.307 e. The second kappa shape index (κ2) is 7.12. The van der Waals surface area contributed by atoms with E-state index < -0.39 is 23.7 Å². The number of carboxylic acids is 1. The third-order valence-electron chi connectivity index (χ3n) is 4.47. The van der Waals surface area contributed by atoms with Crippen molar-refractivity contribution in [1.29, 1.82) is 0 Å². The molecule has 23 heavy (non-hydrogen) atoms. The second-order valence-electron chi connectivity index (χ2n) is 5.88. The number of amides is 2. The summed E-state index contributed by atoms with van der Waals surface area (Å²) in [5.41, 5.74) is 6.65. The molecular weight excluding hydrogens is 316 g/mol. The molecule has 1 aliphatic carbocycles. The van der Waals surface area contributed by atoms with Crippen molar-refractivity contribution in [2.45, 2.75) is 46.0 Å². The number of nitrogens with two attached hydrogens (primary N) is 1. The zero-order chi connectivity index (χ0) is 17.1. The summed E-state index contributed by atoms with van der Waals surface area (Å²) < 4.78 is 0. The van der Waals surface area contributed by atoms with Crippen molar-refractivity contribution in [2.75, 3.05) is 5.32 Å². The molecule has 0 aromatic carbocycles. The van der Waals surface area contributed by atoms with Crippen LogP contribution in [0.3, 0.4) is 0 Å². The zero-order valence-corrected chi connectivity index (χ0v) is 14.2. The Labute approximate surface area is 139 Å². The molecule has 1 heterocycles. The number of anilines is 1. The van der Waals surface area contributed by atoms with E-state index in [9.17, 15) is 19.5 Å². The second-order valence-corrected chi connectivity index (χ2v) is 7.11. The highest BCUT2D eigenvalue weighted by Crippen LogP contribution is 2.36. The summed E-state index contributed by atoms with van der Waals surface area (Å²) in [7, 11) is 0. The molecule has 1 fully saturated rings. The highest BCUT2D eigenvalue weighted by Gasteiger charge is 2.36. The number of aryl methyl sites for hydroxylation is 1. The van der Waals surface area contributed by atoms with E-state index in [4.69, 9.17) is 5.73 Å². The van der Waals surface area contributed by atoms with Gasteiger partial charge in [0, 0.05) is 4.88 Å². The Morgan fingerprint density at radius 3 is 2.39 bits per heavy atom. The van der Waals surface area contributed by atoms with Crippen molar-refractivity contribution >= 4 is 34.1 Å². The number of hydrogen-bond donors (Lipinski definition) is 3. The van der Waals surface area contributed by atoms with Gasteiger partial charge in [0.05, 0.1) is 17.4 Å². The summed E-state index contributed by atoms with van der Waals surface area (Å²) in [5.74, 6) is -3.05. The van der Waals surface area contributed by atoms with E-state index in [0.717, 1.165) is 23.3 Å². The van der Waals surface area contributed by atoms with Crippen LogP contribution in [0.25, 0.3) is 0 Å². The third-order valence-corrected chi connectivity index (χ3v) is 5.53. The SMILES string of the molecule is CCc1c(C)sc(NC(=O)[C@@H]2CCCC[C@H]2C(=O)O)c1C(N)=O. The van der Waals surface area contributed by atoms with Gasteiger partial charge in [-0.2, -0.15) is 0 Å². The van der Waals surface area contributed by atoms with Crippen LogP contribution in [0.5, 0.6) is 0 Å². The Morgan fingerprint density at radius 1 is 1.26 bits per heavy atom. The molecular formula is C16H22N2O4S. The van der Waals surface area contributed by atoms with Gasteiger partial charge >= 0.3 is 5.97 Å².